The summed E-state index contributed by atoms with van der Waals surface area (Å²) >= 11 is 0. The third kappa shape index (κ3) is 2.48. The van der Waals surface area contributed by atoms with E-state index in [9.17, 15) is 8.78 Å². The Labute approximate surface area is 106 Å². The summed E-state index contributed by atoms with van der Waals surface area (Å²) < 4.78 is 33.7. The van der Waals surface area contributed by atoms with Gasteiger partial charge in [0.1, 0.15) is 6.10 Å². The van der Waals surface area contributed by atoms with Gasteiger partial charge in [0, 0.05) is 17.9 Å². The zero-order chi connectivity index (χ0) is 13.3. The molecule has 18 heavy (non-hydrogen) atoms. The Morgan fingerprint density at radius 3 is 2.61 bits per heavy atom. The molecule has 0 bridgehead atoms. The second kappa shape index (κ2) is 4.84. The molecule has 0 aliphatic carbocycles. The first-order valence-corrected chi connectivity index (χ1v) is 6.31. The normalized spacial score (nSPS) is 20.6. The minimum Gasteiger partial charge on any atom is -0.399 e. The minimum atomic E-state index is -2.96. The summed E-state index contributed by atoms with van der Waals surface area (Å²) in [5, 5.41) is 0. The number of halogens is 2. The molecule has 1 unspecified atom stereocenters. The number of nitrogens with two attached hydrogens (primary N) is 1. The highest BCUT2D eigenvalue weighted by Gasteiger charge is 2.44. The van der Waals surface area contributed by atoms with Crippen molar-refractivity contribution < 1.29 is 13.5 Å². The molecule has 2 nitrogen and oxygen atoms in total. The maximum Gasteiger partial charge on any atom is 0.298 e. The van der Waals surface area contributed by atoms with Gasteiger partial charge in [-0.2, -0.15) is 8.78 Å². The van der Waals surface area contributed by atoms with E-state index in [1.807, 2.05) is 13.8 Å². The average Bonchev–Trinajstić information content (AvgIpc) is 2.82. The van der Waals surface area contributed by atoms with Gasteiger partial charge in [0.05, 0.1) is 0 Å². The standard InChI is InChI=1S/C14H19F2NO/c1-9(2)10-6-11(8-12(17)7-10)14(15,16)13-4-3-5-18-13/h6-9,13H,3-5,17H2,1-2H3. The summed E-state index contributed by atoms with van der Waals surface area (Å²) in [5.41, 5.74) is 6.91. The fourth-order valence-electron chi connectivity index (χ4n) is 2.25. The number of benzene rings is 1. The quantitative estimate of drug-likeness (QED) is 0.836. The maximum absolute atomic E-state index is 14.3. The summed E-state index contributed by atoms with van der Waals surface area (Å²) in [6, 6.07) is 4.65. The molecule has 0 radical (unpaired) electrons. The Bertz CT molecular complexity index is 426. The van der Waals surface area contributed by atoms with E-state index in [2.05, 4.69) is 0 Å². The van der Waals surface area contributed by atoms with Crippen LogP contribution in [0.5, 0.6) is 0 Å². The number of hydrogen-bond donors (Lipinski definition) is 1. The Hall–Kier alpha value is -1.16. The van der Waals surface area contributed by atoms with Crippen LogP contribution in [0.2, 0.25) is 0 Å². The molecule has 0 saturated carbocycles. The predicted molar refractivity (Wildman–Crippen MR) is 67.8 cm³/mol. The molecule has 1 saturated heterocycles. The van der Waals surface area contributed by atoms with Gasteiger partial charge in [-0.1, -0.05) is 13.8 Å². The molecule has 1 aromatic rings. The smallest absolute Gasteiger partial charge is 0.298 e. The molecule has 1 fully saturated rings. The first kappa shape index (κ1) is 13.3. The third-order valence-corrected chi connectivity index (χ3v) is 3.36. The Morgan fingerprint density at radius 2 is 2.06 bits per heavy atom. The van der Waals surface area contributed by atoms with Crippen molar-refractivity contribution >= 4 is 5.69 Å². The van der Waals surface area contributed by atoms with Crippen LogP contribution in [-0.2, 0) is 10.7 Å². The maximum atomic E-state index is 14.3. The van der Waals surface area contributed by atoms with Crippen molar-refractivity contribution in [3.05, 3.63) is 29.3 Å². The highest BCUT2D eigenvalue weighted by Crippen LogP contribution is 2.39. The molecule has 1 atom stereocenters. The topological polar surface area (TPSA) is 35.2 Å². The van der Waals surface area contributed by atoms with Gasteiger partial charge in [0.2, 0.25) is 0 Å². The molecule has 1 aliphatic heterocycles. The van der Waals surface area contributed by atoms with E-state index in [4.69, 9.17) is 10.5 Å². The van der Waals surface area contributed by atoms with Crippen LogP contribution in [0.25, 0.3) is 0 Å². The van der Waals surface area contributed by atoms with Crippen molar-refractivity contribution in [3.63, 3.8) is 0 Å². The minimum absolute atomic E-state index is 0.0295. The van der Waals surface area contributed by atoms with Gasteiger partial charge in [-0.25, -0.2) is 0 Å². The highest BCUT2D eigenvalue weighted by atomic mass is 19.3. The summed E-state index contributed by atoms with van der Waals surface area (Å²) in [7, 11) is 0. The van der Waals surface area contributed by atoms with Crippen LogP contribution in [0, 0.1) is 0 Å². The molecular weight excluding hydrogens is 236 g/mol. The van der Waals surface area contributed by atoms with Crippen LogP contribution in [0.4, 0.5) is 14.5 Å². The van der Waals surface area contributed by atoms with Gasteiger partial charge < -0.3 is 10.5 Å². The molecule has 0 aromatic heterocycles. The fraction of sp³-hybridized carbons (Fsp3) is 0.571. The molecule has 1 aromatic carbocycles. The van der Waals surface area contributed by atoms with Crippen LogP contribution >= 0.6 is 0 Å². The molecule has 2 rings (SSSR count). The van der Waals surface area contributed by atoms with Crippen LogP contribution < -0.4 is 5.73 Å². The average molecular weight is 255 g/mol. The second-order valence-corrected chi connectivity index (χ2v) is 5.17. The molecule has 1 aliphatic rings. The van der Waals surface area contributed by atoms with Gasteiger partial charge in [-0.3, -0.25) is 0 Å². The molecule has 0 amide bonds. The van der Waals surface area contributed by atoms with Gasteiger partial charge >= 0.3 is 0 Å². The lowest BCUT2D eigenvalue weighted by Gasteiger charge is -2.24. The SMILES string of the molecule is CC(C)c1cc(N)cc(C(F)(F)C2CCCO2)c1. The number of nitrogen functional groups attached to an aromatic ring is 1. The van der Waals surface area contributed by atoms with Gasteiger partial charge in [-0.15, -0.1) is 0 Å². The van der Waals surface area contributed by atoms with E-state index >= 15 is 0 Å². The van der Waals surface area contributed by atoms with Crippen LogP contribution in [0.15, 0.2) is 18.2 Å². The lowest BCUT2D eigenvalue weighted by atomic mass is 9.94. The molecule has 2 N–H and O–H groups in total. The summed E-state index contributed by atoms with van der Waals surface area (Å²) in [6.07, 6.45) is 0.0811. The Balaban J connectivity index is 2.36. The molecule has 100 valence electrons. The van der Waals surface area contributed by atoms with Crippen LogP contribution in [-0.4, -0.2) is 12.7 Å². The molecular formula is C14H19F2NO. The van der Waals surface area contributed by atoms with Crippen molar-refractivity contribution in [2.45, 2.75) is 44.6 Å². The van der Waals surface area contributed by atoms with E-state index < -0.39 is 12.0 Å². The number of hydrogen-bond acceptors (Lipinski definition) is 2. The zero-order valence-electron chi connectivity index (χ0n) is 10.7. The lowest BCUT2D eigenvalue weighted by molar-refractivity contribution is -0.122. The molecule has 1 heterocycles. The van der Waals surface area contributed by atoms with Gasteiger partial charge in [0.15, 0.2) is 0 Å². The number of ether oxygens (including phenoxy) is 1. The predicted octanol–water partition coefficient (Wildman–Crippen LogP) is 3.66. The molecule has 0 spiro atoms. The Kier molecular flexibility index (Phi) is 3.57. The Morgan fingerprint density at radius 1 is 1.33 bits per heavy atom. The fourth-order valence-corrected chi connectivity index (χ4v) is 2.25. The van der Waals surface area contributed by atoms with Crippen LogP contribution in [0.3, 0.4) is 0 Å². The monoisotopic (exact) mass is 255 g/mol. The first-order valence-electron chi connectivity index (χ1n) is 6.31. The third-order valence-electron chi connectivity index (χ3n) is 3.36. The molecule has 4 heteroatoms. The summed E-state index contributed by atoms with van der Waals surface area (Å²) in [6.45, 7) is 4.34. The number of anilines is 1. The van der Waals surface area contributed by atoms with Crippen molar-refractivity contribution in [1.82, 2.24) is 0 Å². The van der Waals surface area contributed by atoms with Crippen molar-refractivity contribution in [2.75, 3.05) is 12.3 Å². The second-order valence-electron chi connectivity index (χ2n) is 5.17. The van der Waals surface area contributed by atoms with Gasteiger partial charge in [0.25, 0.3) is 5.92 Å². The zero-order valence-corrected chi connectivity index (χ0v) is 10.7. The van der Waals surface area contributed by atoms with Crippen LogP contribution in [0.1, 0.15) is 43.7 Å². The number of alkyl halides is 2. The van der Waals surface area contributed by atoms with E-state index in [-0.39, 0.29) is 11.5 Å². The summed E-state index contributed by atoms with van der Waals surface area (Å²) in [5.74, 6) is -2.79. The van der Waals surface area contributed by atoms with Gasteiger partial charge in [-0.05, 0) is 42.5 Å². The largest absolute Gasteiger partial charge is 0.399 e. The van der Waals surface area contributed by atoms with E-state index in [1.54, 1.807) is 12.1 Å². The van der Waals surface area contributed by atoms with E-state index in [1.165, 1.54) is 6.07 Å². The van der Waals surface area contributed by atoms with E-state index in [0.29, 0.717) is 25.1 Å². The van der Waals surface area contributed by atoms with E-state index in [0.717, 1.165) is 5.56 Å². The summed E-state index contributed by atoms with van der Waals surface area (Å²) in [4.78, 5) is 0. The number of rotatable bonds is 3. The van der Waals surface area contributed by atoms with Crippen molar-refractivity contribution in [1.29, 1.82) is 0 Å². The lowest BCUT2D eigenvalue weighted by Crippen LogP contribution is -2.30. The highest BCUT2D eigenvalue weighted by molar-refractivity contribution is 5.47. The van der Waals surface area contributed by atoms with Crippen molar-refractivity contribution in [3.8, 4) is 0 Å². The first-order chi connectivity index (χ1) is 8.41. The van der Waals surface area contributed by atoms with Crippen molar-refractivity contribution in [2.24, 2.45) is 0 Å².